The van der Waals surface area contributed by atoms with Crippen LogP contribution in [0.3, 0.4) is 0 Å². The van der Waals surface area contributed by atoms with Gasteiger partial charge in [0.2, 0.25) is 0 Å². The third-order valence-corrected chi connectivity index (χ3v) is 9.38. The van der Waals surface area contributed by atoms with Crippen molar-refractivity contribution in [2.24, 2.45) is 0 Å². The highest BCUT2D eigenvalue weighted by atomic mass is 35.5. The van der Waals surface area contributed by atoms with E-state index in [0.717, 1.165) is 33.7 Å². The van der Waals surface area contributed by atoms with Gasteiger partial charge in [-0.3, -0.25) is 4.68 Å². The number of urea groups is 1. The van der Waals surface area contributed by atoms with Crippen LogP contribution in [0.25, 0.3) is 5.57 Å². The average Bonchev–Trinajstić information content (AvgIpc) is 3.37. The van der Waals surface area contributed by atoms with Crippen molar-refractivity contribution in [3.8, 4) is 0 Å². The number of rotatable bonds is 6. The van der Waals surface area contributed by atoms with Crippen LogP contribution >= 0.6 is 57.7 Å². The van der Waals surface area contributed by atoms with Gasteiger partial charge in [-0.1, -0.05) is 58.5 Å². The molecular formula is C21H18Cl4N4O4S2. The molecule has 8 nitrogen and oxygen atoms in total. The van der Waals surface area contributed by atoms with Crippen molar-refractivity contribution in [1.82, 2.24) is 19.4 Å². The Morgan fingerprint density at radius 1 is 1.23 bits per heavy atom. The lowest BCUT2D eigenvalue weighted by Gasteiger charge is -2.21. The molecule has 0 saturated carbocycles. The first-order valence-corrected chi connectivity index (χ1v) is 13.8. The highest BCUT2D eigenvalue weighted by Gasteiger charge is 2.24. The van der Waals surface area contributed by atoms with Gasteiger partial charge in [0.05, 0.1) is 36.7 Å². The van der Waals surface area contributed by atoms with Crippen molar-refractivity contribution in [2.75, 3.05) is 20.2 Å². The smallest absolute Gasteiger partial charge is 0.331 e. The van der Waals surface area contributed by atoms with Gasteiger partial charge in [-0.25, -0.2) is 17.9 Å². The number of nitrogens with zero attached hydrogens (tertiary/aromatic N) is 3. The van der Waals surface area contributed by atoms with E-state index in [4.69, 9.17) is 51.1 Å². The van der Waals surface area contributed by atoms with Crippen molar-refractivity contribution in [1.29, 1.82) is 0 Å². The number of carbonyl (C=O) groups is 1. The van der Waals surface area contributed by atoms with Crippen LogP contribution in [0.4, 0.5) is 4.79 Å². The van der Waals surface area contributed by atoms with Crippen LogP contribution in [0.2, 0.25) is 19.4 Å². The zero-order valence-electron chi connectivity index (χ0n) is 18.1. The van der Waals surface area contributed by atoms with Gasteiger partial charge in [-0.05, 0) is 23.8 Å². The minimum absolute atomic E-state index is 0.104. The Hall–Kier alpha value is -1.79. The first-order valence-electron chi connectivity index (χ1n) is 10.0. The zero-order chi connectivity index (χ0) is 25.3. The summed E-state index contributed by atoms with van der Waals surface area (Å²) in [5.74, 6) is 0. The van der Waals surface area contributed by atoms with E-state index in [1.165, 1.54) is 18.0 Å². The maximum atomic E-state index is 12.5. The van der Waals surface area contributed by atoms with Crippen molar-refractivity contribution in [3.05, 3.63) is 72.8 Å². The van der Waals surface area contributed by atoms with Crippen molar-refractivity contribution < 1.29 is 17.9 Å². The quantitative estimate of drug-likeness (QED) is 0.403. The third kappa shape index (κ3) is 5.96. The molecule has 0 fully saturated rings. The second-order valence-electron chi connectivity index (χ2n) is 7.61. The fourth-order valence-electron chi connectivity index (χ4n) is 3.36. The molecule has 3 heterocycles. The molecule has 0 radical (unpaired) electrons. The van der Waals surface area contributed by atoms with Crippen LogP contribution in [-0.2, 0) is 27.9 Å². The number of ether oxygens (including phenoxy) is 1. The zero-order valence-corrected chi connectivity index (χ0v) is 22.8. The van der Waals surface area contributed by atoms with E-state index in [1.807, 2.05) is 15.5 Å². The summed E-state index contributed by atoms with van der Waals surface area (Å²) in [5.41, 5.74) is 3.43. The van der Waals surface area contributed by atoms with Crippen LogP contribution in [-0.4, -0.2) is 49.3 Å². The normalized spacial score (nSPS) is 14.7. The molecule has 3 aromatic rings. The molecule has 0 unspecified atom stereocenters. The van der Waals surface area contributed by atoms with E-state index in [9.17, 15) is 13.2 Å². The van der Waals surface area contributed by atoms with Gasteiger partial charge in [0, 0.05) is 34.8 Å². The molecule has 1 aliphatic rings. The van der Waals surface area contributed by atoms with E-state index in [1.54, 1.807) is 24.4 Å². The molecule has 1 aliphatic heterocycles. The summed E-state index contributed by atoms with van der Waals surface area (Å²) < 4.78 is 34.4. The minimum Gasteiger partial charge on any atom is -0.372 e. The lowest BCUT2D eigenvalue weighted by Crippen LogP contribution is -2.40. The van der Waals surface area contributed by atoms with Crippen LogP contribution < -0.4 is 4.72 Å². The third-order valence-electron chi connectivity index (χ3n) is 5.14. The molecule has 0 aliphatic carbocycles. The number of hydrogen-bond donors (Lipinski definition) is 1. The molecule has 0 spiro atoms. The summed E-state index contributed by atoms with van der Waals surface area (Å²) >= 11 is 24.8. The second-order valence-corrected chi connectivity index (χ2v) is 12.4. The van der Waals surface area contributed by atoms with Crippen molar-refractivity contribution >= 4 is 79.4 Å². The Morgan fingerprint density at radius 3 is 2.69 bits per heavy atom. The summed E-state index contributed by atoms with van der Waals surface area (Å²) in [6.07, 6.45) is 3.52. The first kappa shape index (κ1) is 26.3. The molecule has 35 heavy (non-hydrogen) atoms. The van der Waals surface area contributed by atoms with Gasteiger partial charge in [-0.15, -0.1) is 11.3 Å². The Bertz CT molecular complexity index is 1400. The Labute approximate surface area is 226 Å². The Morgan fingerprint density at radius 2 is 2.00 bits per heavy atom. The van der Waals surface area contributed by atoms with Gasteiger partial charge in [0.15, 0.2) is 0 Å². The van der Waals surface area contributed by atoms with Gasteiger partial charge in [0.25, 0.3) is 10.0 Å². The molecule has 2 amide bonds. The predicted octanol–water partition coefficient (Wildman–Crippen LogP) is 5.55. The molecule has 0 atom stereocenters. The van der Waals surface area contributed by atoms with E-state index in [2.05, 4.69) is 5.10 Å². The Balaban J connectivity index is 1.49. The van der Waals surface area contributed by atoms with Gasteiger partial charge >= 0.3 is 6.03 Å². The number of halogens is 4. The fourth-order valence-corrected chi connectivity index (χ4v) is 6.71. The highest BCUT2D eigenvalue weighted by Crippen LogP contribution is 2.34. The molecule has 14 heteroatoms. The predicted molar refractivity (Wildman–Crippen MR) is 138 cm³/mol. The molecule has 186 valence electrons. The monoisotopic (exact) mass is 594 g/mol. The number of amides is 2. The number of carbonyl (C=O) groups excluding carboxylic acids is 1. The van der Waals surface area contributed by atoms with Crippen LogP contribution in [0, 0.1) is 0 Å². The lowest BCUT2D eigenvalue weighted by molar-refractivity contribution is 0.145. The number of hydrogen-bond acceptors (Lipinski definition) is 6. The molecule has 1 aromatic carbocycles. The molecule has 0 saturated heterocycles. The van der Waals surface area contributed by atoms with E-state index >= 15 is 0 Å². The van der Waals surface area contributed by atoms with Crippen LogP contribution in [0.15, 0.2) is 40.7 Å². The maximum absolute atomic E-state index is 12.5. The second kappa shape index (κ2) is 10.7. The molecular weight excluding hydrogens is 578 g/mol. The Kier molecular flexibility index (Phi) is 8.02. The van der Waals surface area contributed by atoms with E-state index < -0.39 is 16.1 Å². The molecule has 1 N–H and O–H groups in total. The van der Waals surface area contributed by atoms with Crippen molar-refractivity contribution in [2.45, 2.75) is 17.4 Å². The van der Waals surface area contributed by atoms with Gasteiger partial charge in [0.1, 0.15) is 8.55 Å². The average molecular weight is 596 g/mol. The van der Waals surface area contributed by atoms with Crippen LogP contribution in [0.1, 0.15) is 16.8 Å². The largest absolute Gasteiger partial charge is 0.372 e. The standard InChI is InChI=1S/C21H18Cl4N4O4S2/c1-28(21(30)27-35(31,32)18-7-17(24)20(25)34-18)5-4-13-10-33-11-14-8-26-29(19(13)14)9-12-2-3-15(22)6-16(12)23/h2-4,6-8H,5,9-11H2,1H3,(H,27,30)/b13-4+. The summed E-state index contributed by atoms with van der Waals surface area (Å²) in [4.78, 5) is 13.8. The van der Waals surface area contributed by atoms with Crippen LogP contribution in [0.5, 0.6) is 0 Å². The number of likely N-dealkylation sites (N-methyl/N-ethyl adjacent to an activating group) is 1. The summed E-state index contributed by atoms with van der Waals surface area (Å²) in [5, 5.41) is 5.65. The van der Waals surface area contributed by atoms with Gasteiger partial charge in [-0.2, -0.15) is 5.10 Å². The summed E-state index contributed by atoms with van der Waals surface area (Å²) in [6, 6.07) is 5.67. The summed E-state index contributed by atoms with van der Waals surface area (Å²) in [7, 11) is -2.63. The number of aromatic nitrogens is 2. The lowest BCUT2D eigenvalue weighted by atomic mass is 10.1. The SMILES string of the molecule is CN(C/C=C1\COCc2cnn(Cc3ccc(Cl)cc3Cl)c21)C(=O)NS(=O)(=O)c1cc(Cl)c(Cl)s1. The number of nitrogens with one attached hydrogen (secondary N) is 1. The topological polar surface area (TPSA) is 93.5 Å². The van der Waals surface area contributed by atoms with Crippen molar-refractivity contribution in [3.63, 3.8) is 0 Å². The minimum atomic E-state index is -4.11. The highest BCUT2D eigenvalue weighted by molar-refractivity contribution is 7.92. The molecule has 4 rings (SSSR count). The first-order chi connectivity index (χ1) is 16.5. The van der Waals surface area contributed by atoms with Gasteiger partial charge < -0.3 is 9.64 Å². The number of benzene rings is 1. The van der Waals surface area contributed by atoms with E-state index in [-0.39, 0.29) is 20.1 Å². The number of sulfonamides is 1. The number of fused-ring (bicyclic) bond motifs is 1. The summed E-state index contributed by atoms with van der Waals surface area (Å²) in [6.45, 7) is 1.26. The maximum Gasteiger partial charge on any atom is 0.331 e. The molecule has 2 aromatic heterocycles. The fraction of sp³-hybridized carbons (Fsp3) is 0.238. The molecule has 0 bridgehead atoms. The number of thiophene rings is 1. The van der Waals surface area contributed by atoms with E-state index in [0.29, 0.717) is 29.8 Å².